The molecule has 3 rings (SSSR count). The van der Waals surface area contributed by atoms with Crippen LogP contribution in [0.2, 0.25) is 0 Å². The summed E-state index contributed by atoms with van der Waals surface area (Å²) in [4.78, 5) is 11.0. The van der Waals surface area contributed by atoms with E-state index in [1.165, 1.54) is 6.07 Å². The predicted octanol–water partition coefficient (Wildman–Crippen LogP) is 3.26. The van der Waals surface area contributed by atoms with Crippen molar-refractivity contribution in [2.45, 2.75) is 6.92 Å². The summed E-state index contributed by atoms with van der Waals surface area (Å²) in [5, 5.41) is 4.40. The van der Waals surface area contributed by atoms with Crippen molar-refractivity contribution in [2.75, 3.05) is 0 Å². The number of pyridine rings is 1. The van der Waals surface area contributed by atoms with Gasteiger partial charge in [-0.2, -0.15) is 5.10 Å². The fourth-order valence-electron chi connectivity index (χ4n) is 2.08. The van der Waals surface area contributed by atoms with Gasteiger partial charge in [-0.25, -0.2) is 8.91 Å². The van der Waals surface area contributed by atoms with Crippen LogP contribution in [-0.2, 0) is 0 Å². The Bertz CT molecular complexity index is 777. The van der Waals surface area contributed by atoms with Gasteiger partial charge in [0.15, 0.2) is 6.29 Å². The fraction of sp³-hybridized carbons (Fsp3) is 0.0667. The maximum Gasteiger partial charge on any atom is 0.152 e. The average molecular weight is 254 g/mol. The summed E-state index contributed by atoms with van der Waals surface area (Å²) < 4.78 is 14.9. The zero-order valence-corrected chi connectivity index (χ0v) is 10.3. The van der Waals surface area contributed by atoms with Crippen LogP contribution in [0.15, 0.2) is 42.6 Å². The third-order valence-electron chi connectivity index (χ3n) is 3.12. The van der Waals surface area contributed by atoms with Gasteiger partial charge >= 0.3 is 0 Å². The molecule has 0 saturated carbocycles. The monoisotopic (exact) mass is 254 g/mol. The first kappa shape index (κ1) is 11.6. The second kappa shape index (κ2) is 4.31. The number of aldehydes is 1. The molecule has 0 saturated heterocycles. The van der Waals surface area contributed by atoms with Crippen molar-refractivity contribution in [2.24, 2.45) is 0 Å². The number of rotatable bonds is 2. The van der Waals surface area contributed by atoms with Crippen LogP contribution in [0.4, 0.5) is 4.39 Å². The minimum Gasteiger partial charge on any atom is -0.298 e. The van der Waals surface area contributed by atoms with Gasteiger partial charge in [0.1, 0.15) is 5.82 Å². The molecule has 0 atom stereocenters. The Morgan fingerprint density at radius 1 is 1.26 bits per heavy atom. The van der Waals surface area contributed by atoms with Crippen LogP contribution in [0.25, 0.3) is 16.8 Å². The number of aromatic nitrogens is 2. The summed E-state index contributed by atoms with van der Waals surface area (Å²) in [5.41, 5.74) is 3.46. The van der Waals surface area contributed by atoms with Gasteiger partial charge in [0, 0.05) is 17.3 Å². The van der Waals surface area contributed by atoms with Crippen LogP contribution >= 0.6 is 0 Å². The van der Waals surface area contributed by atoms with Crippen molar-refractivity contribution in [3.63, 3.8) is 0 Å². The maximum absolute atomic E-state index is 13.3. The molecule has 0 aliphatic rings. The summed E-state index contributed by atoms with van der Waals surface area (Å²) >= 11 is 0. The molecule has 0 spiro atoms. The first-order chi connectivity index (χ1) is 9.19. The Morgan fingerprint density at radius 2 is 2.11 bits per heavy atom. The topological polar surface area (TPSA) is 34.4 Å². The number of hydrogen-bond acceptors (Lipinski definition) is 2. The Morgan fingerprint density at radius 3 is 2.84 bits per heavy atom. The normalized spacial score (nSPS) is 10.8. The van der Waals surface area contributed by atoms with Crippen molar-refractivity contribution < 1.29 is 9.18 Å². The molecule has 0 N–H and O–H groups in total. The van der Waals surface area contributed by atoms with E-state index in [4.69, 9.17) is 0 Å². The number of nitrogens with zero attached hydrogens (tertiary/aromatic N) is 2. The lowest BCUT2D eigenvalue weighted by atomic mass is 10.1. The van der Waals surface area contributed by atoms with E-state index < -0.39 is 0 Å². The number of hydrogen-bond donors (Lipinski definition) is 0. The van der Waals surface area contributed by atoms with Crippen LogP contribution in [0.1, 0.15) is 15.9 Å². The summed E-state index contributed by atoms with van der Waals surface area (Å²) in [6.45, 7) is 1.71. The highest BCUT2D eigenvalue weighted by molar-refractivity contribution is 5.87. The quantitative estimate of drug-likeness (QED) is 0.658. The number of aryl methyl sites for hydroxylation is 1. The highest BCUT2D eigenvalue weighted by atomic mass is 19.1. The second-order valence-electron chi connectivity index (χ2n) is 4.40. The second-order valence-corrected chi connectivity index (χ2v) is 4.40. The van der Waals surface area contributed by atoms with E-state index >= 15 is 0 Å². The van der Waals surface area contributed by atoms with Gasteiger partial charge in [-0.3, -0.25) is 4.79 Å². The summed E-state index contributed by atoms with van der Waals surface area (Å²) in [7, 11) is 0. The fourth-order valence-corrected chi connectivity index (χ4v) is 2.08. The summed E-state index contributed by atoms with van der Waals surface area (Å²) in [6.07, 6.45) is 2.58. The zero-order valence-electron chi connectivity index (χ0n) is 10.3. The lowest BCUT2D eigenvalue weighted by Gasteiger charge is -1.99. The Balaban J connectivity index is 2.20. The number of carbonyl (C=O) groups is 1. The molecule has 0 unspecified atom stereocenters. The number of carbonyl (C=O) groups excluding carboxylic acids is 1. The molecule has 3 aromatic rings. The van der Waals surface area contributed by atoms with E-state index in [0.29, 0.717) is 11.1 Å². The van der Waals surface area contributed by atoms with E-state index in [1.807, 2.05) is 6.07 Å². The maximum atomic E-state index is 13.3. The van der Waals surface area contributed by atoms with E-state index in [9.17, 15) is 9.18 Å². The lowest BCUT2D eigenvalue weighted by Crippen LogP contribution is -1.90. The van der Waals surface area contributed by atoms with Crippen molar-refractivity contribution >= 4 is 11.8 Å². The number of halogens is 1. The predicted molar refractivity (Wildman–Crippen MR) is 70.7 cm³/mol. The Kier molecular flexibility index (Phi) is 2.63. The van der Waals surface area contributed by atoms with Gasteiger partial charge in [-0.15, -0.1) is 0 Å². The van der Waals surface area contributed by atoms with Crippen molar-refractivity contribution in [3.05, 3.63) is 59.5 Å². The molecule has 19 heavy (non-hydrogen) atoms. The van der Waals surface area contributed by atoms with Crippen LogP contribution < -0.4 is 0 Å². The molecule has 1 aromatic carbocycles. The molecular formula is C15H11FN2O. The van der Waals surface area contributed by atoms with Gasteiger partial charge in [0.2, 0.25) is 0 Å². The average Bonchev–Trinajstić information content (AvgIpc) is 2.85. The van der Waals surface area contributed by atoms with Crippen molar-refractivity contribution in [3.8, 4) is 11.3 Å². The molecule has 0 aliphatic heterocycles. The molecule has 4 heteroatoms. The lowest BCUT2D eigenvalue weighted by molar-refractivity contribution is 0.112. The summed E-state index contributed by atoms with van der Waals surface area (Å²) in [6, 6.07) is 10.2. The van der Waals surface area contributed by atoms with Crippen LogP contribution in [0.3, 0.4) is 0 Å². The first-order valence-corrected chi connectivity index (χ1v) is 5.89. The highest BCUT2D eigenvalue weighted by Gasteiger charge is 2.08. The molecule has 0 amide bonds. The van der Waals surface area contributed by atoms with Gasteiger partial charge in [0.25, 0.3) is 0 Å². The largest absolute Gasteiger partial charge is 0.298 e. The van der Waals surface area contributed by atoms with Crippen LogP contribution in [0.5, 0.6) is 0 Å². The van der Waals surface area contributed by atoms with E-state index in [1.54, 1.807) is 41.9 Å². The zero-order chi connectivity index (χ0) is 13.4. The summed E-state index contributed by atoms with van der Waals surface area (Å²) in [5.74, 6) is -0.235. The molecule has 0 fully saturated rings. The minimum atomic E-state index is -0.235. The molecule has 0 radical (unpaired) electrons. The first-order valence-electron chi connectivity index (χ1n) is 5.89. The van der Waals surface area contributed by atoms with Gasteiger partial charge in [-0.05, 0) is 48.9 Å². The molecule has 2 aromatic heterocycles. The molecule has 0 aliphatic carbocycles. The molecule has 0 bridgehead atoms. The minimum absolute atomic E-state index is 0.235. The third kappa shape index (κ3) is 1.91. The Hall–Kier alpha value is -2.49. The molecule has 2 heterocycles. The molecule has 94 valence electrons. The van der Waals surface area contributed by atoms with Crippen molar-refractivity contribution in [1.29, 1.82) is 0 Å². The number of fused-ring (bicyclic) bond motifs is 1. The van der Waals surface area contributed by atoms with E-state index in [-0.39, 0.29) is 5.82 Å². The number of benzene rings is 1. The SMILES string of the molecule is Cc1cc(-c2cc3c(C=O)cccn3n2)ccc1F. The Labute approximate surface area is 109 Å². The molecule has 3 nitrogen and oxygen atoms in total. The molecular weight excluding hydrogens is 243 g/mol. The van der Waals surface area contributed by atoms with Gasteiger partial charge < -0.3 is 0 Å². The smallest absolute Gasteiger partial charge is 0.152 e. The van der Waals surface area contributed by atoms with E-state index in [0.717, 1.165) is 23.1 Å². The highest BCUT2D eigenvalue weighted by Crippen LogP contribution is 2.23. The van der Waals surface area contributed by atoms with Crippen molar-refractivity contribution in [1.82, 2.24) is 9.61 Å². The standard InChI is InChI=1S/C15H11FN2O/c1-10-7-11(4-5-13(10)16)14-8-15-12(9-19)3-2-6-18(15)17-14/h2-9H,1H3. The van der Waals surface area contributed by atoms with Gasteiger partial charge in [0.05, 0.1) is 11.2 Å². The van der Waals surface area contributed by atoms with Crippen LogP contribution in [-0.4, -0.2) is 15.9 Å². The third-order valence-corrected chi connectivity index (χ3v) is 3.12. The van der Waals surface area contributed by atoms with Gasteiger partial charge in [-0.1, -0.05) is 0 Å². The van der Waals surface area contributed by atoms with E-state index in [2.05, 4.69) is 5.10 Å². The van der Waals surface area contributed by atoms with Crippen LogP contribution in [0, 0.1) is 12.7 Å².